The van der Waals surface area contributed by atoms with Crippen LogP contribution in [0, 0.1) is 11.3 Å². The molecular weight excluding hydrogens is 254 g/mol. The monoisotopic (exact) mass is 281 g/mol. The van der Waals surface area contributed by atoms with Gasteiger partial charge >= 0.3 is 0 Å². The van der Waals surface area contributed by atoms with Crippen molar-refractivity contribution in [2.75, 3.05) is 25.0 Å². The zero-order chi connectivity index (χ0) is 14.0. The molecule has 1 aliphatic rings. The predicted molar refractivity (Wildman–Crippen MR) is 84.0 cm³/mol. The van der Waals surface area contributed by atoms with E-state index in [1.807, 2.05) is 24.6 Å². The molecule has 2 rings (SSSR count). The lowest BCUT2D eigenvalue weighted by atomic mass is 9.75. The molecule has 108 valence electrons. The Balaban J connectivity index is 1.96. The van der Waals surface area contributed by atoms with Gasteiger partial charge in [-0.05, 0) is 38.1 Å². The van der Waals surface area contributed by atoms with Gasteiger partial charge in [-0.15, -0.1) is 11.3 Å². The average Bonchev–Trinajstić information content (AvgIpc) is 2.86. The minimum absolute atomic E-state index is 0.401. The van der Waals surface area contributed by atoms with Crippen molar-refractivity contribution in [1.82, 2.24) is 10.3 Å². The van der Waals surface area contributed by atoms with E-state index in [0.717, 1.165) is 19.0 Å². The highest BCUT2D eigenvalue weighted by Gasteiger charge is 2.29. The molecule has 1 N–H and O–H groups in total. The van der Waals surface area contributed by atoms with Crippen molar-refractivity contribution in [2.24, 2.45) is 11.3 Å². The number of nitrogens with one attached hydrogen (secondary N) is 1. The lowest BCUT2D eigenvalue weighted by Gasteiger charge is -2.38. The van der Waals surface area contributed by atoms with Crippen LogP contribution < -0.4 is 10.2 Å². The molecule has 0 aromatic carbocycles. The second-order valence-corrected chi connectivity index (χ2v) is 7.72. The number of thiazole rings is 1. The van der Waals surface area contributed by atoms with Crippen LogP contribution in [0.25, 0.3) is 0 Å². The first-order chi connectivity index (χ1) is 8.91. The summed E-state index contributed by atoms with van der Waals surface area (Å²) in [6, 6.07) is 0.401. The van der Waals surface area contributed by atoms with E-state index in [0.29, 0.717) is 11.5 Å². The molecule has 2 heterocycles. The van der Waals surface area contributed by atoms with Gasteiger partial charge in [0.2, 0.25) is 0 Å². The topological polar surface area (TPSA) is 28.2 Å². The lowest BCUT2D eigenvalue weighted by Crippen LogP contribution is -2.37. The Labute approximate surface area is 121 Å². The van der Waals surface area contributed by atoms with Crippen LogP contribution in [0.4, 0.5) is 5.13 Å². The summed E-state index contributed by atoms with van der Waals surface area (Å²) < 4.78 is 0. The molecule has 1 aliphatic heterocycles. The number of piperidine rings is 1. The molecule has 0 amide bonds. The Kier molecular flexibility index (Phi) is 4.51. The largest absolute Gasteiger partial charge is 0.348 e. The smallest absolute Gasteiger partial charge is 0.185 e. The number of hydrogen-bond donors (Lipinski definition) is 1. The molecule has 1 aromatic rings. The third-order valence-corrected chi connectivity index (χ3v) is 5.60. The van der Waals surface area contributed by atoms with E-state index in [1.165, 1.54) is 22.9 Å². The van der Waals surface area contributed by atoms with Crippen molar-refractivity contribution in [1.29, 1.82) is 0 Å². The molecule has 3 nitrogen and oxygen atoms in total. The summed E-state index contributed by atoms with van der Waals surface area (Å²) in [6.07, 6.45) is 4.61. The zero-order valence-corrected chi connectivity index (χ0v) is 13.7. The van der Waals surface area contributed by atoms with Crippen molar-refractivity contribution in [2.45, 2.75) is 46.6 Å². The maximum atomic E-state index is 4.60. The van der Waals surface area contributed by atoms with Gasteiger partial charge in [0.05, 0.1) is 0 Å². The maximum absolute atomic E-state index is 4.60. The molecule has 1 unspecified atom stereocenters. The van der Waals surface area contributed by atoms with Crippen molar-refractivity contribution < 1.29 is 0 Å². The van der Waals surface area contributed by atoms with Crippen LogP contribution in [-0.2, 0) is 0 Å². The third kappa shape index (κ3) is 3.48. The molecule has 0 spiro atoms. The van der Waals surface area contributed by atoms with Crippen LogP contribution in [0.2, 0.25) is 0 Å². The van der Waals surface area contributed by atoms with Crippen LogP contribution >= 0.6 is 11.3 Å². The van der Waals surface area contributed by atoms with Gasteiger partial charge in [0, 0.05) is 30.2 Å². The average molecular weight is 281 g/mol. The van der Waals surface area contributed by atoms with E-state index < -0.39 is 0 Å². The fourth-order valence-electron chi connectivity index (χ4n) is 2.70. The summed E-state index contributed by atoms with van der Waals surface area (Å²) in [5.74, 6) is 0.847. The molecule has 0 radical (unpaired) electrons. The SMILES string of the molecule is CNC(C)c1cnc(N2CCC(C(C)(C)C)CC2)s1. The highest BCUT2D eigenvalue weighted by Crippen LogP contribution is 2.36. The maximum Gasteiger partial charge on any atom is 0.185 e. The Morgan fingerprint density at radius 2 is 2.00 bits per heavy atom. The van der Waals surface area contributed by atoms with E-state index in [1.54, 1.807) is 0 Å². The lowest BCUT2D eigenvalue weighted by molar-refractivity contribution is 0.199. The second-order valence-electron chi connectivity index (χ2n) is 6.68. The van der Waals surface area contributed by atoms with Gasteiger partial charge in [0.25, 0.3) is 0 Å². The minimum Gasteiger partial charge on any atom is -0.348 e. The number of nitrogens with zero attached hydrogens (tertiary/aromatic N) is 2. The third-order valence-electron chi connectivity index (χ3n) is 4.36. The van der Waals surface area contributed by atoms with Crippen LogP contribution in [0.1, 0.15) is 51.5 Å². The van der Waals surface area contributed by atoms with E-state index in [4.69, 9.17) is 0 Å². The summed E-state index contributed by atoms with van der Waals surface area (Å²) in [7, 11) is 2.00. The number of anilines is 1. The zero-order valence-electron chi connectivity index (χ0n) is 12.9. The number of hydrogen-bond acceptors (Lipinski definition) is 4. The normalized spacial score (nSPS) is 19.7. The molecule has 0 bridgehead atoms. The molecule has 0 aliphatic carbocycles. The Morgan fingerprint density at radius 1 is 1.37 bits per heavy atom. The molecule has 4 heteroatoms. The molecule has 1 aromatic heterocycles. The summed E-state index contributed by atoms with van der Waals surface area (Å²) in [5, 5.41) is 4.47. The quantitative estimate of drug-likeness (QED) is 0.916. The van der Waals surface area contributed by atoms with Crippen molar-refractivity contribution in [3.63, 3.8) is 0 Å². The van der Waals surface area contributed by atoms with Gasteiger partial charge in [-0.2, -0.15) is 0 Å². The minimum atomic E-state index is 0.401. The summed E-state index contributed by atoms with van der Waals surface area (Å²) >= 11 is 1.83. The van der Waals surface area contributed by atoms with E-state index in [-0.39, 0.29) is 0 Å². The molecule has 1 atom stereocenters. The van der Waals surface area contributed by atoms with Crippen LogP contribution in [0.15, 0.2) is 6.20 Å². The molecule has 19 heavy (non-hydrogen) atoms. The molecule has 0 saturated carbocycles. The summed E-state index contributed by atoms with van der Waals surface area (Å²) in [4.78, 5) is 8.39. The fraction of sp³-hybridized carbons (Fsp3) is 0.800. The standard InChI is InChI=1S/C15H27N3S/c1-11(16-5)13-10-17-14(19-13)18-8-6-12(7-9-18)15(2,3)4/h10-12,16H,6-9H2,1-5H3. The Bertz CT molecular complexity index is 400. The first kappa shape index (κ1) is 14.8. The summed E-state index contributed by atoms with van der Waals surface area (Å²) in [6.45, 7) is 11.6. The number of rotatable bonds is 3. The Hall–Kier alpha value is -0.610. The van der Waals surface area contributed by atoms with Crippen molar-refractivity contribution in [3.05, 3.63) is 11.1 Å². The second kappa shape index (κ2) is 5.80. The van der Waals surface area contributed by atoms with Gasteiger partial charge in [0.1, 0.15) is 0 Å². The highest BCUT2D eigenvalue weighted by molar-refractivity contribution is 7.15. The van der Waals surface area contributed by atoms with Crippen molar-refractivity contribution in [3.8, 4) is 0 Å². The van der Waals surface area contributed by atoms with Crippen LogP contribution in [0.5, 0.6) is 0 Å². The predicted octanol–water partition coefficient (Wildman–Crippen LogP) is 3.69. The first-order valence-corrected chi connectivity index (χ1v) is 8.11. The van der Waals surface area contributed by atoms with E-state index in [9.17, 15) is 0 Å². The Morgan fingerprint density at radius 3 is 2.53 bits per heavy atom. The molecule has 1 fully saturated rings. The van der Waals surface area contributed by atoms with Gasteiger partial charge in [0.15, 0.2) is 5.13 Å². The van der Waals surface area contributed by atoms with Gasteiger partial charge in [-0.25, -0.2) is 4.98 Å². The van der Waals surface area contributed by atoms with Gasteiger partial charge in [-0.1, -0.05) is 20.8 Å². The van der Waals surface area contributed by atoms with Gasteiger partial charge < -0.3 is 10.2 Å². The highest BCUT2D eigenvalue weighted by atomic mass is 32.1. The van der Waals surface area contributed by atoms with Crippen LogP contribution in [0.3, 0.4) is 0 Å². The molecule has 1 saturated heterocycles. The van der Waals surface area contributed by atoms with E-state index >= 15 is 0 Å². The van der Waals surface area contributed by atoms with Crippen LogP contribution in [-0.4, -0.2) is 25.1 Å². The van der Waals surface area contributed by atoms with Crippen molar-refractivity contribution >= 4 is 16.5 Å². The summed E-state index contributed by atoms with van der Waals surface area (Å²) in [5.41, 5.74) is 0.445. The van der Waals surface area contributed by atoms with Gasteiger partial charge in [-0.3, -0.25) is 0 Å². The number of aromatic nitrogens is 1. The first-order valence-electron chi connectivity index (χ1n) is 7.29. The van der Waals surface area contributed by atoms with E-state index in [2.05, 4.69) is 42.9 Å². The molecular formula is C15H27N3S. The fourth-order valence-corrected chi connectivity index (χ4v) is 3.73.